The largest absolute Gasteiger partial charge is 0.322 e. The summed E-state index contributed by atoms with van der Waals surface area (Å²) in [5, 5.41) is 4.27. The van der Waals surface area contributed by atoms with Crippen LogP contribution in [0.5, 0.6) is 0 Å². The molecular formula is C13H13ClN4O2S. The van der Waals surface area contributed by atoms with Gasteiger partial charge in [-0.1, -0.05) is 18.5 Å². The molecule has 1 N–H and O–H groups in total. The zero-order valence-electron chi connectivity index (χ0n) is 11.2. The summed E-state index contributed by atoms with van der Waals surface area (Å²) in [5.74, 6) is 0.578. The molecule has 1 aromatic carbocycles. The van der Waals surface area contributed by atoms with E-state index in [4.69, 9.17) is 11.6 Å². The number of imidazole rings is 1. The average molecular weight is 325 g/mol. The van der Waals surface area contributed by atoms with Crippen LogP contribution in [-0.2, 0) is 9.84 Å². The maximum atomic E-state index is 12.2. The van der Waals surface area contributed by atoms with Crippen molar-refractivity contribution in [2.75, 3.05) is 5.75 Å². The van der Waals surface area contributed by atoms with Gasteiger partial charge in [0.05, 0.1) is 26.7 Å². The summed E-state index contributed by atoms with van der Waals surface area (Å²) in [7, 11) is -3.38. The molecule has 3 rings (SSSR count). The molecule has 8 heteroatoms. The molecule has 0 radical (unpaired) electrons. The van der Waals surface area contributed by atoms with Crippen molar-refractivity contribution in [2.45, 2.75) is 18.2 Å². The van der Waals surface area contributed by atoms with Crippen LogP contribution in [0.2, 0.25) is 5.02 Å². The van der Waals surface area contributed by atoms with Crippen molar-refractivity contribution in [3.05, 3.63) is 35.6 Å². The van der Waals surface area contributed by atoms with Crippen LogP contribution in [0, 0.1) is 0 Å². The minimum absolute atomic E-state index is 0.0678. The van der Waals surface area contributed by atoms with Crippen LogP contribution < -0.4 is 0 Å². The molecular weight excluding hydrogens is 312 g/mol. The van der Waals surface area contributed by atoms with Gasteiger partial charge >= 0.3 is 0 Å². The fourth-order valence-corrected chi connectivity index (χ4v) is 4.04. The molecule has 0 atom stereocenters. The van der Waals surface area contributed by atoms with Gasteiger partial charge in [0, 0.05) is 12.4 Å². The molecule has 0 saturated heterocycles. The molecule has 0 fully saturated rings. The second kappa shape index (κ2) is 5.16. The Morgan fingerprint density at radius 1 is 1.38 bits per heavy atom. The highest BCUT2D eigenvalue weighted by Gasteiger charge is 2.19. The molecule has 0 spiro atoms. The molecule has 2 heterocycles. The summed E-state index contributed by atoms with van der Waals surface area (Å²) in [6.07, 6.45) is 3.92. The molecule has 3 aromatic rings. The first kappa shape index (κ1) is 14.1. The summed E-state index contributed by atoms with van der Waals surface area (Å²) < 4.78 is 26.0. The number of rotatable bonds is 4. The molecule has 21 heavy (non-hydrogen) atoms. The Morgan fingerprint density at radius 3 is 2.86 bits per heavy atom. The predicted octanol–water partition coefficient (Wildman–Crippen LogP) is 2.59. The first-order chi connectivity index (χ1) is 10.0. The maximum absolute atomic E-state index is 12.2. The van der Waals surface area contributed by atoms with E-state index < -0.39 is 9.84 Å². The lowest BCUT2D eigenvalue weighted by Gasteiger charge is -2.05. The molecule has 0 saturated carbocycles. The number of aromatic nitrogens is 4. The minimum Gasteiger partial charge on any atom is -0.322 e. The zero-order valence-corrected chi connectivity index (χ0v) is 12.8. The first-order valence-corrected chi connectivity index (χ1v) is 8.46. The van der Waals surface area contributed by atoms with Crippen molar-refractivity contribution < 1.29 is 8.42 Å². The van der Waals surface area contributed by atoms with Gasteiger partial charge in [-0.2, -0.15) is 5.10 Å². The average Bonchev–Trinajstić information content (AvgIpc) is 3.05. The smallest absolute Gasteiger partial charge is 0.229 e. The van der Waals surface area contributed by atoms with Gasteiger partial charge in [0.25, 0.3) is 0 Å². The van der Waals surface area contributed by atoms with Crippen LogP contribution in [0.15, 0.2) is 35.5 Å². The summed E-state index contributed by atoms with van der Waals surface area (Å²) in [6, 6.07) is 4.86. The van der Waals surface area contributed by atoms with Crippen LogP contribution in [0.3, 0.4) is 0 Å². The van der Waals surface area contributed by atoms with E-state index in [-0.39, 0.29) is 15.7 Å². The fourth-order valence-electron chi connectivity index (χ4n) is 2.12. The van der Waals surface area contributed by atoms with Gasteiger partial charge in [-0.05, 0) is 24.6 Å². The van der Waals surface area contributed by atoms with Crippen molar-refractivity contribution in [3.8, 4) is 5.95 Å². The van der Waals surface area contributed by atoms with E-state index in [1.807, 2.05) is 6.92 Å². The highest BCUT2D eigenvalue weighted by atomic mass is 35.5. The Bertz CT molecular complexity index is 884. The Morgan fingerprint density at radius 2 is 2.19 bits per heavy atom. The van der Waals surface area contributed by atoms with Gasteiger partial charge in [0.15, 0.2) is 9.84 Å². The van der Waals surface area contributed by atoms with Crippen molar-refractivity contribution in [1.29, 1.82) is 0 Å². The highest BCUT2D eigenvalue weighted by molar-refractivity contribution is 7.91. The number of hydrogen-bond acceptors (Lipinski definition) is 4. The lowest BCUT2D eigenvalue weighted by Crippen LogP contribution is -2.06. The van der Waals surface area contributed by atoms with Crippen LogP contribution in [-0.4, -0.2) is 33.9 Å². The SMILES string of the molecule is CCCS(=O)(=O)c1cc2[nH]c(-n3cccn3)nc2cc1Cl. The molecule has 0 aliphatic carbocycles. The van der Waals surface area contributed by atoms with Gasteiger partial charge in [-0.3, -0.25) is 0 Å². The predicted molar refractivity (Wildman–Crippen MR) is 80.6 cm³/mol. The number of hydrogen-bond donors (Lipinski definition) is 1. The number of H-pyrrole nitrogens is 1. The topological polar surface area (TPSA) is 80.6 Å². The highest BCUT2D eigenvalue weighted by Crippen LogP contribution is 2.28. The van der Waals surface area contributed by atoms with E-state index in [2.05, 4.69) is 15.1 Å². The molecule has 6 nitrogen and oxygen atoms in total. The lowest BCUT2D eigenvalue weighted by atomic mass is 10.3. The Labute approximate surface area is 126 Å². The minimum atomic E-state index is -3.38. The monoisotopic (exact) mass is 324 g/mol. The third-order valence-electron chi connectivity index (χ3n) is 3.05. The van der Waals surface area contributed by atoms with Gasteiger partial charge in [-0.25, -0.2) is 18.1 Å². The third kappa shape index (κ3) is 2.54. The number of benzene rings is 1. The molecule has 0 aliphatic heterocycles. The molecule has 0 aliphatic rings. The van der Waals surface area contributed by atoms with Gasteiger partial charge in [0.1, 0.15) is 0 Å². The summed E-state index contributed by atoms with van der Waals surface area (Å²) in [5.41, 5.74) is 1.21. The quantitative estimate of drug-likeness (QED) is 0.799. The Balaban J connectivity index is 2.16. The number of fused-ring (bicyclic) bond motifs is 1. The van der Waals surface area contributed by atoms with Gasteiger partial charge in [-0.15, -0.1) is 0 Å². The van der Waals surface area contributed by atoms with Crippen LogP contribution in [0.25, 0.3) is 17.0 Å². The zero-order chi connectivity index (χ0) is 15.0. The molecule has 0 bridgehead atoms. The van der Waals surface area contributed by atoms with Crippen LogP contribution >= 0.6 is 11.6 Å². The van der Waals surface area contributed by atoms with Gasteiger partial charge in [0.2, 0.25) is 5.95 Å². The van der Waals surface area contributed by atoms with Crippen LogP contribution in [0.4, 0.5) is 0 Å². The van der Waals surface area contributed by atoms with E-state index in [1.165, 1.54) is 6.07 Å². The standard InChI is InChI=1S/C13H13ClN4O2S/c1-2-6-21(19,20)12-8-11-10(7-9(12)14)16-13(17-11)18-5-3-4-15-18/h3-5,7-8H,2,6H2,1H3,(H,16,17). The van der Waals surface area contributed by atoms with Crippen molar-refractivity contribution in [3.63, 3.8) is 0 Å². The third-order valence-corrected chi connectivity index (χ3v) is 5.43. The number of nitrogens with zero attached hydrogens (tertiary/aromatic N) is 3. The molecule has 2 aromatic heterocycles. The van der Waals surface area contributed by atoms with E-state index in [1.54, 1.807) is 29.2 Å². The van der Waals surface area contributed by atoms with E-state index in [9.17, 15) is 8.42 Å². The lowest BCUT2D eigenvalue weighted by molar-refractivity contribution is 0.595. The summed E-state index contributed by atoms with van der Waals surface area (Å²) in [4.78, 5) is 7.53. The Hall–Kier alpha value is -1.86. The van der Waals surface area contributed by atoms with E-state index >= 15 is 0 Å². The number of sulfone groups is 1. The molecule has 0 amide bonds. The van der Waals surface area contributed by atoms with E-state index in [0.717, 1.165) is 0 Å². The molecule has 0 unspecified atom stereocenters. The molecule has 110 valence electrons. The summed E-state index contributed by atoms with van der Waals surface area (Å²) in [6.45, 7) is 1.82. The van der Waals surface area contributed by atoms with Crippen molar-refractivity contribution in [1.82, 2.24) is 19.7 Å². The van der Waals surface area contributed by atoms with Gasteiger partial charge < -0.3 is 4.98 Å². The second-order valence-corrected chi connectivity index (χ2v) is 7.11. The maximum Gasteiger partial charge on any atom is 0.229 e. The fraction of sp³-hybridized carbons (Fsp3) is 0.231. The van der Waals surface area contributed by atoms with Crippen molar-refractivity contribution in [2.24, 2.45) is 0 Å². The number of halogens is 1. The first-order valence-electron chi connectivity index (χ1n) is 6.43. The number of nitrogens with one attached hydrogen (secondary N) is 1. The van der Waals surface area contributed by atoms with Crippen LogP contribution in [0.1, 0.15) is 13.3 Å². The van der Waals surface area contributed by atoms with E-state index in [0.29, 0.717) is 23.4 Å². The normalized spacial score (nSPS) is 12.1. The Kier molecular flexibility index (Phi) is 3.46. The summed E-state index contributed by atoms with van der Waals surface area (Å²) >= 11 is 6.10. The van der Waals surface area contributed by atoms with Crippen molar-refractivity contribution >= 4 is 32.5 Å². The number of aromatic amines is 1. The second-order valence-electron chi connectivity index (χ2n) is 4.63.